The van der Waals surface area contributed by atoms with E-state index < -0.39 is 29.8 Å². The Balaban J connectivity index is 1.65. The molecule has 0 radical (unpaired) electrons. The minimum Gasteiger partial charge on any atom is -0.374 e. The molecule has 29 heavy (non-hydrogen) atoms. The van der Waals surface area contributed by atoms with Crippen LogP contribution < -0.4 is 16.0 Å². The maximum Gasteiger partial charge on any atom is 0.391 e. The number of hydrogen-bond acceptors (Lipinski definition) is 4. The topological polar surface area (TPSA) is 62.4 Å². The minimum absolute atomic E-state index is 0.0583. The van der Waals surface area contributed by atoms with E-state index >= 15 is 0 Å². The van der Waals surface area contributed by atoms with Gasteiger partial charge in [-0.1, -0.05) is 6.58 Å². The zero-order valence-corrected chi connectivity index (χ0v) is 17.3. The number of alkyl halides is 5. The molecule has 1 amide bonds. The molecular weight excluding hydrogens is 414 g/mol. The first-order valence-electron chi connectivity index (χ1n) is 9.98. The highest BCUT2D eigenvalue weighted by Crippen LogP contribution is 2.33. The van der Waals surface area contributed by atoms with Crippen LogP contribution in [0.4, 0.5) is 17.6 Å². The van der Waals surface area contributed by atoms with E-state index in [1.807, 2.05) is 0 Å². The van der Waals surface area contributed by atoms with Gasteiger partial charge in [0.25, 0.3) is 0 Å². The van der Waals surface area contributed by atoms with Gasteiger partial charge in [0.15, 0.2) is 0 Å². The molecule has 2 fully saturated rings. The summed E-state index contributed by atoms with van der Waals surface area (Å²) < 4.78 is 57.7. The molecular formula is C19H30ClF4N3O2. The van der Waals surface area contributed by atoms with Gasteiger partial charge < -0.3 is 15.4 Å². The van der Waals surface area contributed by atoms with Crippen LogP contribution in [0.25, 0.3) is 0 Å². The van der Waals surface area contributed by atoms with E-state index in [2.05, 4.69) is 22.5 Å². The molecule has 2 rings (SSSR count). The van der Waals surface area contributed by atoms with Crippen molar-refractivity contribution >= 4 is 17.5 Å². The number of ether oxygens (including phenoxy) is 1. The maximum absolute atomic E-state index is 13.6. The summed E-state index contributed by atoms with van der Waals surface area (Å²) in [6.07, 6.45) is -4.46. The summed E-state index contributed by atoms with van der Waals surface area (Å²) in [4.78, 5) is 12.0. The number of rotatable bonds is 8. The average molecular weight is 444 g/mol. The fraction of sp³-hybridized carbons (Fsp3) is 0.842. The van der Waals surface area contributed by atoms with E-state index in [0.717, 1.165) is 0 Å². The van der Waals surface area contributed by atoms with Crippen LogP contribution in [0.15, 0.2) is 12.3 Å². The lowest BCUT2D eigenvalue weighted by atomic mass is 9.95. The lowest BCUT2D eigenvalue weighted by Gasteiger charge is -2.33. The maximum atomic E-state index is 13.6. The van der Waals surface area contributed by atoms with Gasteiger partial charge in [0.05, 0.1) is 23.6 Å². The number of carbonyl (C=O) groups is 1. The van der Waals surface area contributed by atoms with Crippen molar-refractivity contribution in [1.82, 2.24) is 16.0 Å². The number of piperidine rings is 1. The van der Waals surface area contributed by atoms with Crippen molar-refractivity contribution in [1.29, 1.82) is 0 Å². The molecule has 2 aliphatic rings. The van der Waals surface area contributed by atoms with Crippen molar-refractivity contribution in [3.8, 4) is 0 Å². The molecule has 0 bridgehead atoms. The van der Waals surface area contributed by atoms with Crippen molar-refractivity contribution in [2.45, 2.75) is 81.5 Å². The highest BCUT2D eigenvalue weighted by atomic mass is 35.5. The molecule has 10 heteroatoms. The monoisotopic (exact) mass is 443 g/mol. The van der Waals surface area contributed by atoms with Crippen LogP contribution in [0.5, 0.6) is 0 Å². The Labute approximate surface area is 173 Å². The zero-order valence-electron chi connectivity index (χ0n) is 16.5. The first-order chi connectivity index (χ1) is 13.5. The summed E-state index contributed by atoms with van der Waals surface area (Å²) in [5, 5.41) is 8.25. The van der Waals surface area contributed by atoms with Gasteiger partial charge in [0.1, 0.15) is 12.8 Å². The third kappa shape index (κ3) is 8.30. The molecule has 1 aliphatic heterocycles. The second kappa shape index (κ2) is 10.8. The zero-order chi connectivity index (χ0) is 21.6. The predicted molar refractivity (Wildman–Crippen MR) is 103 cm³/mol. The summed E-state index contributed by atoms with van der Waals surface area (Å²) >= 11 is 5.83. The lowest BCUT2D eigenvalue weighted by Crippen LogP contribution is -2.50. The minimum atomic E-state index is -4.20. The number of amides is 1. The summed E-state index contributed by atoms with van der Waals surface area (Å²) in [5.74, 6) is -1.66. The fourth-order valence-electron chi connectivity index (χ4n) is 3.75. The molecule has 5 nitrogen and oxygen atoms in total. The third-order valence-corrected chi connectivity index (χ3v) is 5.79. The summed E-state index contributed by atoms with van der Waals surface area (Å²) in [7, 11) is 0. The van der Waals surface area contributed by atoms with Gasteiger partial charge in [-0.15, -0.1) is 11.6 Å². The van der Waals surface area contributed by atoms with Gasteiger partial charge in [-0.3, -0.25) is 10.1 Å². The molecule has 6 unspecified atom stereocenters. The quantitative estimate of drug-likeness (QED) is 0.397. The largest absolute Gasteiger partial charge is 0.391 e. The van der Waals surface area contributed by atoms with E-state index in [-0.39, 0.29) is 50.5 Å². The number of hydrogen-bond donors (Lipinski definition) is 3. The molecule has 3 N–H and O–H groups in total. The number of nitrogens with one attached hydrogen (secondary N) is 3. The molecule has 1 aliphatic carbocycles. The Morgan fingerprint density at radius 2 is 2.03 bits per heavy atom. The van der Waals surface area contributed by atoms with Crippen molar-refractivity contribution in [2.24, 2.45) is 5.92 Å². The van der Waals surface area contributed by atoms with Crippen molar-refractivity contribution < 1.29 is 27.1 Å². The molecule has 1 saturated heterocycles. The lowest BCUT2D eigenvalue weighted by molar-refractivity contribution is -0.183. The van der Waals surface area contributed by atoms with Crippen molar-refractivity contribution in [3.05, 3.63) is 12.3 Å². The Morgan fingerprint density at radius 3 is 2.69 bits per heavy atom. The summed E-state index contributed by atoms with van der Waals surface area (Å²) in [6, 6.07) is -0.277. The first kappa shape index (κ1) is 24.2. The Morgan fingerprint density at radius 1 is 1.31 bits per heavy atom. The second-order valence-corrected chi connectivity index (χ2v) is 8.53. The van der Waals surface area contributed by atoms with Crippen LogP contribution in [-0.4, -0.2) is 55.1 Å². The molecule has 0 aromatic heterocycles. The van der Waals surface area contributed by atoms with Crippen LogP contribution in [0.1, 0.15) is 45.4 Å². The Kier molecular flexibility index (Phi) is 9.03. The summed E-state index contributed by atoms with van der Waals surface area (Å²) in [5.41, 5.74) is 0.541. The number of carbonyl (C=O) groups excluding carboxylic acids is 1. The van der Waals surface area contributed by atoms with Crippen molar-refractivity contribution in [2.75, 3.05) is 13.2 Å². The van der Waals surface area contributed by atoms with Gasteiger partial charge in [-0.25, -0.2) is 4.39 Å². The van der Waals surface area contributed by atoms with Crippen LogP contribution in [0.2, 0.25) is 0 Å². The van der Waals surface area contributed by atoms with Crippen LogP contribution in [0.3, 0.4) is 0 Å². The first-order valence-corrected chi connectivity index (χ1v) is 10.4. The van der Waals surface area contributed by atoms with Crippen LogP contribution in [0, 0.1) is 5.92 Å². The average Bonchev–Trinajstić information content (AvgIpc) is 2.62. The van der Waals surface area contributed by atoms with Gasteiger partial charge in [0.2, 0.25) is 5.91 Å². The van der Waals surface area contributed by atoms with E-state index in [4.69, 9.17) is 16.3 Å². The van der Waals surface area contributed by atoms with Gasteiger partial charge in [0, 0.05) is 24.6 Å². The van der Waals surface area contributed by atoms with Gasteiger partial charge in [-0.05, 0) is 39.2 Å². The highest BCUT2D eigenvalue weighted by molar-refractivity contribution is 6.21. The van der Waals surface area contributed by atoms with Crippen LogP contribution in [-0.2, 0) is 9.53 Å². The fourth-order valence-corrected chi connectivity index (χ4v) is 3.98. The normalized spacial score (nSPS) is 31.7. The molecule has 1 heterocycles. The van der Waals surface area contributed by atoms with E-state index in [9.17, 15) is 22.4 Å². The molecule has 0 spiro atoms. The SMILES string of the molecule is C=C(CC(C)NC(=O)COC1CCC(Cl)C(F)C1)NC1CC(C(F)(F)F)CCN1. The predicted octanol–water partition coefficient (Wildman–Crippen LogP) is 3.39. The molecule has 0 aromatic rings. The molecule has 168 valence electrons. The van der Waals surface area contributed by atoms with Gasteiger partial charge in [-0.2, -0.15) is 13.2 Å². The standard InChI is InChI=1S/C19H30ClF4N3O2/c1-11(26-17-8-13(5-6-25-17)19(22,23)24)7-12(2)27-18(28)10-29-14-3-4-15(20)16(21)9-14/h12-17,25-26H,1,3-10H2,2H3,(H,27,28). The molecule has 1 saturated carbocycles. The van der Waals surface area contributed by atoms with Crippen molar-refractivity contribution in [3.63, 3.8) is 0 Å². The third-order valence-electron chi connectivity index (χ3n) is 5.30. The highest BCUT2D eigenvalue weighted by Gasteiger charge is 2.42. The van der Waals surface area contributed by atoms with E-state index in [1.54, 1.807) is 6.92 Å². The molecule has 0 aromatic carbocycles. The molecule has 6 atom stereocenters. The Hall–Kier alpha value is -1.06. The number of halogens is 5. The Bertz CT molecular complexity index is 564. The summed E-state index contributed by atoms with van der Waals surface area (Å²) in [6.45, 7) is 5.73. The van der Waals surface area contributed by atoms with Crippen LogP contribution >= 0.6 is 11.6 Å². The van der Waals surface area contributed by atoms with E-state index in [1.165, 1.54) is 0 Å². The second-order valence-electron chi connectivity index (χ2n) is 7.97. The van der Waals surface area contributed by atoms with Gasteiger partial charge >= 0.3 is 6.18 Å². The van der Waals surface area contributed by atoms with E-state index in [0.29, 0.717) is 25.0 Å². The smallest absolute Gasteiger partial charge is 0.374 e.